The van der Waals surface area contributed by atoms with E-state index in [1.165, 1.54) is 0 Å². The van der Waals surface area contributed by atoms with Crippen molar-refractivity contribution in [1.29, 1.82) is 0 Å². The molecule has 2 aromatic carbocycles. The molecule has 0 aliphatic heterocycles. The van der Waals surface area contributed by atoms with Crippen LogP contribution < -0.4 is 4.74 Å². The quantitative estimate of drug-likeness (QED) is 0.309. The molecule has 9 heteroatoms. The molecule has 0 aliphatic rings. The predicted octanol–water partition coefficient (Wildman–Crippen LogP) is 6.12. The summed E-state index contributed by atoms with van der Waals surface area (Å²) in [5, 5.41) is 13.7. The summed E-state index contributed by atoms with van der Waals surface area (Å²) in [7, 11) is 1.93. The zero-order chi connectivity index (χ0) is 20.2. The van der Waals surface area contributed by atoms with E-state index >= 15 is 0 Å². The van der Waals surface area contributed by atoms with Crippen molar-refractivity contribution < 1.29 is 4.74 Å². The Labute approximate surface area is 186 Å². The second kappa shape index (κ2) is 9.17. The Morgan fingerprint density at radius 1 is 1.07 bits per heavy atom. The minimum Gasteiger partial charge on any atom is -0.486 e. The Kier molecular flexibility index (Phi) is 6.40. The molecular weight excluding hydrogens is 447 g/mol. The highest BCUT2D eigenvalue weighted by Crippen LogP contribution is 2.31. The van der Waals surface area contributed by atoms with Crippen LogP contribution in [0.15, 0.2) is 59.1 Å². The van der Waals surface area contributed by atoms with E-state index in [0.29, 0.717) is 22.4 Å². The Bertz CT molecular complexity index is 1110. The smallest absolute Gasteiger partial charge is 0.191 e. The van der Waals surface area contributed by atoms with E-state index in [2.05, 4.69) is 10.2 Å². The summed E-state index contributed by atoms with van der Waals surface area (Å²) < 4.78 is 7.69. The minimum absolute atomic E-state index is 0.332. The molecule has 0 saturated heterocycles. The molecule has 0 aliphatic carbocycles. The van der Waals surface area contributed by atoms with Crippen molar-refractivity contribution in [2.24, 2.45) is 7.05 Å². The number of thiazole rings is 1. The average molecular weight is 463 g/mol. The second-order valence-electron chi connectivity index (χ2n) is 6.11. The number of halogens is 2. The van der Waals surface area contributed by atoms with Crippen LogP contribution in [0.5, 0.6) is 5.75 Å². The molecule has 0 N–H and O–H groups in total. The first-order valence-electron chi connectivity index (χ1n) is 8.69. The lowest BCUT2D eigenvalue weighted by Gasteiger charge is -2.06. The SMILES string of the molecule is Cn1c(COc2ccc(Cl)cc2)nnc1SCc1csc(-c2ccccc2Cl)n1. The lowest BCUT2D eigenvalue weighted by Crippen LogP contribution is -2.04. The fourth-order valence-corrected chi connectivity index (χ4v) is 4.74. The highest BCUT2D eigenvalue weighted by molar-refractivity contribution is 7.98. The third-order valence-corrected chi connectivity index (χ3v) is 6.67. The molecule has 5 nitrogen and oxygen atoms in total. The number of benzene rings is 2. The fourth-order valence-electron chi connectivity index (χ4n) is 2.55. The molecule has 0 saturated carbocycles. The van der Waals surface area contributed by atoms with Crippen LogP contribution in [0.2, 0.25) is 10.0 Å². The van der Waals surface area contributed by atoms with Gasteiger partial charge in [0.05, 0.1) is 10.7 Å². The monoisotopic (exact) mass is 462 g/mol. The van der Waals surface area contributed by atoms with Crippen LogP contribution in [-0.2, 0) is 19.4 Å². The van der Waals surface area contributed by atoms with Gasteiger partial charge in [-0.2, -0.15) is 0 Å². The summed E-state index contributed by atoms with van der Waals surface area (Å²) in [6, 6.07) is 15.0. The highest BCUT2D eigenvalue weighted by Gasteiger charge is 2.12. The second-order valence-corrected chi connectivity index (χ2v) is 8.76. The van der Waals surface area contributed by atoms with Gasteiger partial charge in [-0.25, -0.2) is 4.98 Å². The lowest BCUT2D eigenvalue weighted by atomic mass is 10.2. The molecule has 0 bridgehead atoms. The summed E-state index contributed by atoms with van der Waals surface area (Å²) in [6.07, 6.45) is 0. The first-order chi connectivity index (χ1) is 14.1. The molecule has 0 amide bonds. The molecule has 0 unspecified atom stereocenters. The van der Waals surface area contributed by atoms with Crippen LogP contribution in [0.1, 0.15) is 11.5 Å². The van der Waals surface area contributed by atoms with Crippen molar-refractivity contribution in [3.05, 3.63) is 75.5 Å². The normalized spacial score (nSPS) is 11.0. The van der Waals surface area contributed by atoms with E-state index in [4.69, 9.17) is 32.9 Å². The summed E-state index contributed by atoms with van der Waals surface area (Å²) in [5.74, 6) is 2.18. The van der Waals surface area contributed by atoms with E-state index in [0.717, 1.165) is 33.0 Å². The van der Waals surface area contributed by atoms with Crippen molar-refractivity contribution in [2.75, 3.05) is 0 Å². The van der Waals surface area contributed by atoms with Gasteiger partial charge in [0, 0.05) is 28.8 Å². The number of hydrogen-bond acceptors (Lipinski definition) is 6. The third kappa shape index (κ3) is 4.93. The number of ether oxygens (including phenoxy) is 1. The number of nitrogens with zero attached hydrogens (tertiary/aromatic N) is 4. The zero-order valence-electron chi connectivity index (χ0n) is 15.4. The molecule has 2 aromatic heterocycles. The van der Waals surface area contributed by atoms with Crippen molar-refractivity contribution in [3.8, 4) is 16.3 Å². The molecule has 4 aromatic rings. The predicted molar refractivity (Wildman–Crippen MR) is 119 cm³/mol. The van der Waals surface area contributed by atoms with Gasteiger partial charge in [0.2, 0.25) is 0 Å². The van der Waals surface area contributed by atoms with Gasteiger partial charge in [-0.1, -0.05) is 53.2 Å². The minimum atomic E-state index is 0.332. The van der Waals surface area contributed by atoms with Crippen LogP contribution >= 0.6 is 46.3 Å². The number of aromatic nitrogens is 4. The van der Waals surface area contributed by atoms with Gasteiger partial charge in [-0.15, -0.1) is 21.5 Å². The van der Waals surface area contributed by atoms with Crippen LogP contribution in [0.3, 0.4) is 0 Å². The summed E-state index contributed by atoms with van der Waals surface area (Å²) >= 11 is 15.3. The molecule has 0 atom stereocenters. The molecule has 2 heterocycles. The first kappa shape index (κ1) is 20.2. The van der Waals surface area contributed by atoms with Crippen LogP contribution in [0, 0.1) is 0 Å². The van der Waals surface area contributed by atoms with Crippen molar-refractivity contribution in [2.45, 2.75) is 17.5 Å². The summed E-state index contributed by atoms with van der Waals surface area (Å²) in [5.41, 5.74) is 1.94. The molecule has 0 fully saturated rings. The largest absolute Gasteiger partial charge is 0.486 e. The van der Waals surface area contributed by atoms with Crippen molar-refractivity contribution in [1.82, 2.24) is 19.7 Å². The summed E-state index contributed by atoms with van der Waals surface area (Å²) in [6.45, 7) is 0.332. The number of thioether (sulfide) groups is 1. The van der Waals surface area contributed by atoms with Gasteiger partial charge in [0.25, 0.3) is 0 Å². The van der Waals surface area contributed by atoms with E-state index in [1.807, 2.05) is 53.4 Å². The Morgan fingerprint density at radius 2 is 1.86 bits per heavy atom. The van der Waals surface area contributed by atoms with Crippen LogP contribution in [-0.4, -0.2) is 19.7 Å². The Hall–Kier alpha value is -2.06. The fraction of sp³-hybridized carbons (Fsp3) is 0.150. The molecule has 4 rings (SSSR count). The molecular formula is C20H16Cl2N4OS2. The van der Waals surface area contributed by atoms with Crippen LogP contribution in [0.4, 0.5) is 0 Å². The number of rotatable bonds is 7. The maximum absolute atomic E-state index is 6.27. The van der Waals surface area contributed by atoms with Crippen molar-refractivity contribution >= 4 is 46.3 Å². The lowest BCUT2D eigenvalue weighted by molar-refractivity contribution is 0.290. The van der Waals surface area contributed by atoms with Crippen LogP contribution in [0.25, 0.3) is 10.6 Å². The van der Waals surface area contributed by atoms with Gasteiger partial charge in [-0.05, 0) is 30.3 Å². The molecule has 148 valence electrons. The zero-order valence-corrected chi connectivity index (χ0v) is 18.5. The Morgan fingerprint density at radius 3 is 2.66 bits per heavy atom. The van der Waals surface area contributed by atoms with Gasteiger partial charge < -0.3 is 9.30 Å². The molecule has 0 spiro atoms. The van der Waals surface area contributed by atoms with Gasteiger partial charge >= 0.3 is 0 Å². The van der Waals surface area contributed by atoms with E-state index in [-0.39, 0.29) is 0 Å². The third-order valence-electron chi connectivity index (χ3n) is 4.11. The summed E-state index contributed by atoms with van der Waals surface area (Å²) in [4.78, 5) is 4.70. The molecule has 29 heavy (non-hydrogen) atoms. The van der Waals surface area contributed by atoms with E-state index < -0.39 is 0 Å². The first-order valence-corrected chi connectivity index (χ1v) is 11.3. The standard InChI is InChI=1S/C20H16Cl2N4OS2/c1-26-18(10-27-15-8-6-13(21)7-9-15)24-25-20(26)29-12-14-11-28-19(23-14)16-4-2-3-5-17(16)22/h2-9,11H,10,12H2,1H3. The Balaban J connectivity index is 1.37. The van der Waals surface area contributed by atoms with Gasteiger partial charge in [-0.3, -0.25) is 0 Å². The topological polar surface area (TPSA) is 52.8 Å². The molecule has 0 radical (unpaired) electrons. The average Bonchev–Trinajstić information content (AvgIpc) is 3.33. The van der Waals surface area contributed by atoms with E-state index in [9.17, 15) is 0 Å². The van der Waals surface area contributed by atoms with Crippen molar-refractivity contribution in [3.63, 3.8) is 0 Å². The maximum Gasteiger partial charge on any atom is 0.191 e. The maximum atomic E-state index is 6.27. The van der Waals surface area contributed by atoms with Gasteiger partial charge in [0.1, 0.15) is 17.4 Å². The van der Waals surface area contributed by atoms with E-state index in [1.54, 1.807) is 35.2 Å². The van der Waals surface area contributed by atoms with Gasteiger partial charge in [0.15, 0.2) is 11.0 Å². The number of hydrogen-bond donors (Lipinski definition) is 0. The highest BCUT2D eigenvalue weighted by atomic mass is 35.5.